The highest BCUT2D eigenvalue weighted by atomic mass is 35.5. The molecule has 1 aliphatic heterocycles. The van der Waals surface area contributed by atoms with Crippen LogP contribution in [0.5, 0.6) is 0 Å². The molecule has 0 bridgehead atoms. The largest absolute Gasteiger partial charge is 0.384 e. The van der Waals surface area contributed by atoms with Gasteiger partial charge in [0.05, 0.1) is 17.6 Å². The standard InChI is InChI=1S/C29H40ClN7O/c1-29(2,3)37(30)22-14-16-36(17-15-22)19-27(38)34(4)23-11-12-25-24(18-23)33-26(35(25)5)13-8-20-6-9-21(10-7-20)28(31)32/h6-7,9-12,18,22H,8,13-17,19H2,1-5H3,(H3,31,32). The van der Waals surface area contributed by atoms with Crippen molar-refractivity contribution in [3.63, 3.8) is 0 Å². The van der Waals surface area contributed by atoms with Crippen LogP contribution in [0.1, 0.15) is 50.6 Å². The number of amides is 1. The lowest BCUT2D eigenvalue weighted by Gasteiger charge is -2.40. The topological polar surface area (TPSA) is 94.5 Å². The number of benzene rings is 2. The molecule has 4 rings (SSSR count). The van der Waals surface area contributed by atoms with Crippen LogP contribution in [0.15, 0.2) is 42.5 Å². The summed E-state index contributed by atoms with van der Waals surface area (Å²) in [5.74, 6) is 1.15. The molecule has 38 heavy (non-hydrogen) atoms. The number of halogens is 1. The fourth-order valence-electron chi connectivity index (χ4n) is 5.07. The van der Waals surface area contributed by atoms with Gasteiger partial charge in [-0.05, 0) is 75.6 Å². The molecule has 1 amide bonds. The number of nitrogens with one attached hydrogen (secondary N) is 1. The van der Waals surface area contributed by atoms with Crippen molar-refractivity contribution in [3.05, 3.63) is 59.4 Å². The van der Waals surface area contributed by atoms with E-state index in [1.807, 2.05) is 61.0 Å². The number of piperidine rings is 1. The molecule has 9 heteroatoms. The zero-order chi connectivity index (χ0) is 27.6. The van der Waals surface area contributed by atoms with Crippen LogP contribution >= 0.6 is 11.8 Å². The molecule has 0 radical (unpaired) electrons. The minimum absolute atomic E-state index is 0.0731. The highest BCUT2D eigenvalue weighted by Gasteiger charge is 2.31. The number of fused-ring (bicyclic) bond motifs is 1. The van der Waals surface area contributed by atoms with E-state index in [0.717, 1.165) is 66.9 Å². The summed E-state index contributed by atoms with van der Waals surface area (Å²) in [4.78, 5) is 22.0. The van der Waals surface area contributed by atoms with E-state index in [-0.39, 0.29) is 17.3 Å². The van der Waals surface area contributed by atoms with Gasteiger partial charge in [-0.25, -0.2) is 9.40 Å². The normalized spacial score (nSPS) is 15.3. The van der Waals surface area contributed by atoms with Gasteiger partial charge in [0.2, 0.25) is 5.91 Å². The van der Waals surface area contributed by atoms with E-state index in [9.17, 15) is 4.79 Å². The zero-order valence-electron chi connectivity index (χ0n) is 23.2. The number of likely N-dealkylation sites (tertiary alicyclic amines) is 1. The summed E-state index contributed by atoms with van der Waals surface area (Å²) >= 11 is 6.57. The summed E-state index contributed by atoms with van der Waals surface area (Å²) in [6.07, 6.45) is 3.55. The van der Waals surface area contributed by atoms with Crippen LogP contribution in [-0.2, 0) is 24.7 Å². The number of likely N-dealkylation sites (N-methyl/N-ethyl adjacent to an activating group) is 1. The summed E-state index contributed by atoms with van der Waals surface area (Å²) < 4.78 is 4.06. The summed E-state index contributed by atoms with van der Waals surface area (Å²) in [5.41, 5.74) is 10.2. The number of nitrogens with zero attached hydrogens (tertiary/aromatic N) is 5. The van der Waals surface area contributed by atoms with Crippen molar-refractivity contribution in [1.29, 1.82) is 5.41 Å². The second-order valence-corrected chi connectivity index (χ2v) is 11.7. The minimum atomic E-state index is -0.0731. The third kappa shape index (κ3) is 6.37. The fourth-order valence-corrected chi connectivity index (χ4v) is 5.27. The lowest BCUT2D eigenvalue weighted by Crippen LogP contribution is -2.49. The monoisotopic (exact) mass is 537 g/mol. The van der Waals surface area contributed by atoms with Crippen LogP contribution in [0.2, 0.25) is 0 Å². The van der Waals surface area contributed by atoms with Gasteiger partial charge in [-0.3, -0.25) is 15.1 Å². The van der Waals surface area contributed by atoms with E-state index < -0.39 is 0 Å². The van der Waals surface area contributed by atoms with Crippen molar-refractivity contribution >= 4 is 40.2 Å². The molecule has 2 heterocycles. The van der Waals surface area contributed by atoms with Crippen molar-refractivity contribution in [3.8, 4) is 0 Å². The predicted molar refractivity (Wildman–Crippen MR) is 156 cm³/mol. The van der Waals surface area contributed by atoms with Gasteiger partial charge >= 0.3 is 0 Å². The third-order valence-electron chi connectivity index (χ3n) is 7.50. The minimum Gasteiger partial charge on any atom is -0.384 e. The van der Waals surface area contributed by atoms with Gasteiger partial charge in [0.25, 0.3) is 0 Å². The maximum Gasteiger partial charge on any atom is 0.240 e. The SMILES string of the molecule is CN(C(=O)CN1CCC(N(Cl)C(C)(C)C)CC1)c1ccc2c(c1)nc(CCc1ccc(C(=N)N)cc1)n2C. The van der Waals surface area contributed by atoms with Crippen molar-refractivity contribution in [2.45, 2.75) is 58.0 Å². The van der Waals surface area contributed by atoms with Gasteiger partial charge in [-0.1, -0.05) is 24.3 Å². The fraction of sp³-hybridized carbons (Fsp3) is 0.483. The van der Waals surface area contributed by atoms with Crippen molar-refractivity contribution in [2.75, 3.05) is 31.6 Å². The summed E-state index contributed by atoms with van der Waals surface area (Å²) in [6.45, 7) is 8.51. The Bertz CT molecular complexity index is 1290. The Balaban J connectivity index is 1.36. The predicted octanol–water partition coefficient (Wildman–Crippen LogP) is 4.32. The Morgan fingerprint density at radius 3 is 2.39 bits per heavy atom. The number of aromatic nitrogens is 2. The molecule has 1 fully saturated rings. The molecule has 3 aromatic rings. The summed E-state index contributed by atoms with van der Waals surface area (Å²) in [7, 11) is 3.87. The molecule has 1 aliphatic rings. The average Bonchev–Trinajstić information content (AvgIpc) is 3.21. The first kappa shape index (κ1) is 28.1. The van der Waals surface area contributed by atoms with Crippen LogP contribution in [0, 0.1) is 5.41 Å². The second kappa shape index (κ2) is 11.4. The van der Waals surface area contributed by atoms with Gasteiger partial charge in [-0.15, -0.1) is 0 Å². The van der Waals surface area contributed by atoms with E-state index in [1.165, 1.54) is 5.56 Å². The van der Waals surface area contributed by atoms with Crippen molar-refractivity contribution in [2.24, 2.45) is 12.8 Å². The maximum absolute atomic E-state index is 13.1. The van der Waals surface area contributed by atoms with Crippen LogP contribution in [-0.4, -0.2) is 68.9 Å². The molecule has 0 aliphatic carbocycles. The third-order valence-corrected chi connectivity index (χ3v) is 8.28. The van der Waals surface area contributed by atoms with Crippen LogP contribution < -0.4 is 10.6 Å². The molecule has 204 valence electrons. The number of hydrogen-bond donors (Lipinski definition) is 2. The molecule has 3 N–H and O–H groups in total. The number of rotatable bonds is 8. The van der Waals surface area contributed by atoms with Crippen LogP contribution in [0.3, 0.4) is 0 Å². The highest BCUT2D eigenvalue weighted by molar-refractivity contribution is 6.14. The molecule has 1 saturated heterocycles. The first-order valence-electron chi connectivity index (χ1n) is 13.3. The van der Waals surface area contributed by atoms with Crippen molar-refractivity contribution in [1.82, 2.24) is 18.9 Å². The molecular formula is C29H40ClN7O. The highest BCUT2D eigenvalue weighted by Crippen LogP contribution is 2.27. The Hall–Kier alpha value is -2.94. The van der Waals surface area contributed by atoms with Gasteiger partial charge in [-0.2, -0.15) is 0 Å². The van der Waals surface area contributed by atoms with Gasteiger partial charge in [0.15, 0.2) is 0 Å². The molecule has 0 atom stereocenters. The van der Waals surface area contributed by atoms with Gasteiger partial charge in [0, 0.05) is 56.4 Å². The quantitative estimate of drug-likeness (QED) is 0.253. The Morgan fingerprint density at radius 1 is 1.13 bits per heavy atom. The number of imidazole rings is 1. The lowest BCUT2D eigenvalue weighted by atomic mass is 10.00. The first-order valence-corrected chi connectivity index (χ1v) is 13.6. The van der Waals surface area contributed by atoms with Crippen LogP contribution in [0.4, 0.5) is 5.69 Å². The molecule has 2 aromatic carbocycles. The molecule has 8 nitrogen and oxygen atoms in total. The molecule has 0 saturated carbocycles. The number of nitrogen functional groups attached to an aromatic ring is 1. The smallest absolute Gasteiger partial charge is 0.240 e. The Kier molecular flexibility index (Phi) is 8.45. The second-order valence-electron chi connectivity index (χ2n) is 11.3. The Labute approximate surface area is 231 Å². The number of amidine groups is 1. The van der Waals surface area contributed by atoms with E-state index in [0.29, 0.717) is 12.6 Å². The van der Waals surface area contributed by atoms with Crippen molar-refractivity contribution < 1.29 is 4.79 Å². The number of anilines is 1. The first-order chi connectivity index (χ1) is 17.9. The Morgan fingerprint density at radius 2 is 1.79 bits per heavy atom. The lowest BCUT2D eigenvalue weighted by molar-refractivity contribution is -0.119. The van der Waals surface area contributed by atoms with E-state index in [1.54, 1.807) is 4.90 Å². The molecule has 1 aromatic heterocycles. The van der Waals surface area contributed by atoms with E-state index in [2.05, 4.69) is 30.2 Å². The van der Waals surface area contributed by atoms with E-state index >= 15 is 0 Å². The number of hydrogen-bond acceptors (Lipinski definition) is 5. The molecular weight excluding hydrogens is 498 g/mol. The summed E-state index contributed by atoms with van der Waals surface area (Å²) in [6, 6.07) is 14.2. The summed E-state index contributed by atoms with van der Waals surface area (Å²) in [5, 5.41) is 7.54. The number of nitrogens with two attached hydrogens (primary N) is 1. The number of carbonyl (C=O) groups is 1. The molecule has 0 spiro atoms. The molecule has 0 unspecified atom stereocenters. The zero-order valence-corrected chi connectivity index (χ0v) is 23.9. The van der Waals surface area contributed by atoms with E-state index in [4.69, 9.17) is 27.9 Å². The van der Waals surface area contributed by atoms with Gasteiger partial charge in [0.1, 0.15) is 11.7 Å². The number of aryl methyl sites for hydroxylation is 3. The van der Waals surface area contributed by atoms with Gasteiger partial charge < -0.3 is 15.2 Å². The van der Waals surface area contributed by atoms with Crippen LogP contribution in [0.25, 0.3) is 11.0 Å². The maximum atomic E-state index is 13.1. The average molecular weight is 538 g/mol. The number of carbonyl (C=O) groups excluding carboxylic acids is 1.